The van der Waals surface area contributed by atoms with Gasteiger partial charge in [-0.05, 0) is 24.5 Å². The SMILES string of the molecule is O[C@@H]1CCN(Cc2ccoc2)[C@H]1Cc1ccccc1. The van der Waals surface area contributed by atoms with Gasteiger partial charge in [-0.3, -0.25) is 4.90 Å². The van der Waals surface area contributed by atoms with Crippen molar-refractivity contribution in [2.45, 2.75) is 31.5 Å². The van der Waals surface area contributed by atoms with Crippen LogP contribution in [0.2, 0.25) is 0 Å². The van der Waals surface area contributed by atoms with Gasteiger partial charge in [-0.25, -0.2) is 0 Å². The number of aliphatic hydroxyl groups is 1. The third kappa shape index (κ3) is 2.88. The van der Waals surface area contributed by atoms with E-state index in [1.165, 1.54) is 11.1 Å². The van der Waals surface area contributed by atoms with Crippen LogP contribution in [0.3, 0.4) is 0 Å². The maximum atomic E-state index is 10.2. The number of aliphatic hydroxyl groups excluding tert-OH is 1. The molecule has 1 aromatic heterocycles. The minimum Gasteiger partial charge on any atom is -0.472 e. The van der Waals surface area contributed by atoms with Crippen LogP contribution in [0.4, 0.5) is 0 Å². The Morgan fingerprint density at radius 2 is 2.00 bits per heavy atom. The molecule has 0 spiro atoms. The Morgan fingerprint density at radius 1 is 1.16 bits per heavy atom. The smallest absolute Gasteiger partial charge is 0.0947 e. The Kier molecular flexibility index (Phi) is 3.67. The molecule has 2 atom stereocenters. The Hall–Kier alpha value is -1.58. The van der Waals surface area contributed by atoms with Crippen LogP contribution in [0.1, 0.15) is 17.5 Å². The number of hydrogen-bond acceptors (Lipinski definition) is 3. The highest BCUT2D eigenvalue weighted by molar-refractivity contribution is 5.17. The van der Waals surface area contributed by atoms with Crippen molar-refractivity contribution >= 4 is 0 Å². The zero-order valence-electron chi connectivity index (χ0n) is 10.9. The van der Waals surface area contributed by atoms with Crippen molar-refractivity contribution in [2.24, 2.45) is 0 Å². The summed E-state index contributed by atoms with van der Waals surface area (Å²) in [6.07, 6.45) is 5.01. The van der Waals surface area contributed by atoms with Gasteiger partial charge in [0.25, 0.3) is 0 Å². The number of hydrogen-bond donors (Lipinski definition) is 1. The maximum Gasteiger partial charge on any atom is 0.0947 e. The maximum absolute atomic E-state index is 10.2. The van der Waals surface area contributed by atoms with Gasteiger partial charge in [0.15, 0.2) is 0 Å². The molecular weight excluding hydrogens is 238 g/mol. The van der Waals surface area contributed by atoms with Gasteiger partial charge >= 0.3 is 0 Å². The lowest BCUT2D eigenvalue weighted by Crippen LogP contribution is -2.36. The zero-order valence-corrected chi connectivity index (χ0v) is 10.9. The van der Waals surface area contributed by atoms with E-state index in [1.807, 2.05) is 12.1 Å². The lowest BCUT2D eigenvalue weighted by Gasteiger charge is -2.25. The number of likely N-dealkylation sites (tertiary alicyclic amines) is 1. The highest BCUT2D eigenvalue weighted by Gasteiger charge is 2.32. The number of benzene rings is 1. The van der Waals surface area contributed by atoms with Crippen LogP contribution >= 0.6 is 0 Å². The van der Waals surface area contributed by atoms with Crippen molar-refractivity contribution in [1.29, 1.82) is 0 Å². The topological polar surface area (TPSA) is 36.6 Å². The van der Waals surface area contributed by atoms with E-state index >= 15 is 0 Å². The summed E-state index contributed by atoms with van der Waals surface area (Å²) in [5, 5.41) is 10.2. The summed E-state index contributed by atoms with van der Waals surface area (Å²) < 4.78 is 5.12. The monoisotopic (exact) mass is 257 g/mol. The van der Waals surface area contributed by atoms with Crippen LogP contribution in [0, 0.1) is 0 Å². The molecule has 19 heavy (non-hydrogen) atoms. The molecule has 3 heteroatoms. The van der Waals surface area contributed by atoms with Crippen molar-refractivity contribution in [2.75, 3.05) is 6.54 Å². The lowest BCUT2D eigenvalue weighted by atomic mass is 10.0. The van der Waals surface area contributed by atoms with Gasteiger partial charge < -0.3 is 9.52 Å². The van der Waals surface area contributed by atoms with Crippen LogP contribution in [-0.2, 0) is 13.0 Å². The Bertz CT molecular complexity index is 495. The Balaban J connectivity index is 1.70. The first-order valence-corrected chi connectivity index (χ1v) is 6.80. The molecular formula is C16H19NO2. The molecule has 0 amide bonds. The largest absolute Gasteiger partial charge is 0.472 e. The van der Waals surface area contributed by atoms with Crippen LogP contribution in [0.25, 0.3) is 0 Å². The molecule has 0 radical (unpaired) electrons. The Labute approximate surface area is 113 Å². The first-order chi connectivity index (χ1) is 9.33. The standard InChI is InChI=1S/C16H19NO2/c18-16-6-8-17(11-14-7-9-19-12-14)15(16)10-13-4-2-1-3-5-13/h1-5,7,9,12,15-16,18H,6,8,10-11H2/t15-,16+/m0/s1. The first kappa shape index (κ1) is 12.5. The third-order valence-corrected chi connectivity index (χ3v) is 3.88. The average Bonchev–Trinajstić information content (AvgIpc) is 3.05. The van der Waals surface area contributed by atoms with E-state index in [4.69, 9.17) is 4.42 Å². The average molecular weight is 257 g/mol. The number of rotatable bonds is 4. The second-order valence-electron chi connectivity index (χ2n) is 5.22. The summed E-state index contributed by atoms with van der Waals surface area (Å²) >= 11 is 0. The summed E-state index contributed by atoms with van der Waals surface area (Å²) in [5.74, 6) is 0. The molecule has 1 fully saturated rings. The molecule has 1 aliphatic heterocycles. The van der Waals surface area contributed by atoms with Crippen molar-refractivity contribution in [3.63, 3.8) is 0 Å². The van der Waals surface area contributed by atoms with Crippen molar-refractivity contribution in [3.05, 3.63) is 60.1 Å². The highest BCUT2D eigenvalue weighted by Crippen LogP contribution is 2.24. The van der Waals surface area contributed by atoms with E-state index in [0.717, 1.165) is 25.9 Å². The van der Waals surface area contributed by atoms with E-state index in [9.17, 15) is 5.11 Å². The van der Waals surface area contributed by atoms with Crippen molar-refractivity contribution in [1.82, 2.24) is 4.90 Å². The number of nitrogens with zero attached hydrogens (tertiary/aromatic N) is 1. The highest BCUT2D eigenvalue weighted by atomic mass is 16.3. The Morgan fingerprint density at radius 3 is 2.74 bits per heavy atom. The predicted octanol–water partition coefficient (Wildman–Crippen LogP) is 2.46. The van der Waals surface area contributed by atoms with Gasteiger partial charge in [0.05, 0.1) is 18.6 Å². The van der Waals surface area contributed by atoms with Crippen LogP contribution in [0.15, 0.2) is 53.3 Å². The van der Waals surface area contributed by atoms with E-state index in [1.54, 1.807) is 12.5 Å². The fourth-order valence-corrected chi connectivity index (χ4v) is 2.83. The fraction of sp³-hybridized carbons (Fsp3) is 0.375. The molecule has 3 nitrogen and oxygen atoms in total. The molecule has 0 aliphatic carbocycles. The van der Waals surface area contributed by atoms with Gasteiger partial charge in [0.1, 0.15) is 0 Å². The minimum absolute atomic E-state index is 0.206. The summed E-state index contributed by atoms with van der Waals surface area (Å²) in [5.41, 5.74) is 2.46. The summed E-state index contributed by atoms with van der Waals surface area (Å²) in [6.45, 7) is 1.80. The quantitative estimate of drug-likeness (QED) is 0.914. The van der Waals surface area contributed by atoms with E-state index in [-0.39, 0.29) is 12.1 Å². The molecule has 2 aromatic rings. The molecule has 2 heterocycles. The van der Waals surface area contributed by atoms with Gasteiger partial charge in [-0.15, -0.1) is 0 Å². The second-order valence-corrected chi connectivity index (χ2v) is 5.22. The van der Waals surface area contributed by atoms with Gasteiger partial charge in [-0.1, -0.05) is 30.3 Å². The third-order valence-electron chi connectivity index (χ3n) is 3.88. The number of furan rings is 1. The minimum atomic E-state index is -0.230. The summed E-state index contributed by atoms with van der Waals surface area (Å²) in [6, 6.07) is 12.6. The molecule has 1 aromatic carbocycles. The fourth-order valence-electron chi connectivity index (χ4n) is 2.83. The molecule has 1 aliphatic rings. The first-order valence-electron chi connectivity index (χ1n) is 6.80. The van der Waals surface area contributed by atoms with E-state index in [0.29, 0.717) is 0 Å². The predicted molar refractivity (Wildman–Crippen MR) is 73.7 cm³/mol. The molecule has 0 unspecified atom stereocenters. The molecule has 0 saturated carbocycles. The van der Waals surface area contributed by atoms with Gasteiger partial charge in [0.2, 0.25) is 0 Å². The van der Waals surface area contributed by atoms with E-state index < -0.39 is 0 Å². The van der Waals surface area contributed by atoms with Crippen molar-refractivity contribution in [3.8, 4) is 0 Å². The van der Waals surface area contributed by atoms with E-state index in [2.05, 4.69) is 29.2 Å². The van der Waals surface area contributed by atoms with Crippen LogP contribution in [0.5, 0.6) is 0 Å². The normalized spacial score (nSPS) is 23.8. The molecule has 3 rings (SSSR count). The zero-order chi connectivity index (χ0) is 13.1. The van der Waals surface area contributed by atoms with Gasteiger partial charge in [0, 0.05) is 24.7 Å². The summed E-state index contributed by atoms with van der Waals surface area (Å²) in [7, 11) is 0. The molecule has 1 saturated heterocycles. The van der Waals surface area contributed by atoms with Crippen molar-refractivity contribution < 1.29 is 9.52 Å². The van der Waals surface area contributed by atoms with Crippen LogP contribution < -0.4 is 0 Å². The molecule has 1 N–H and O–H groups in total. The lowest BCUT2D eigenvalue weighted by molar-refractivity contribution is 0.112. The van der Waals surface area contributed by atoms with Gasteiger partial charge in [-0.2, -0.15) is 0 Å². The summed E-state index contributed by atoms with van der Waals surface area (Å²) in [4.78, 5) is 2.35. The molecule has 100 valence electrons. The van der Waals surface area contributed by atoms with Crippen LogP contribution in [-0.4, -0.2) is 28.7 Å². The second kappa shape index (κ2) is 5.59. The molecule has 0 bridgehead atoms.